The van der Waals surface area contributed by atoms with Gasteiger partial charge in [0.2, 0.25) is 0 Å². The standard InChI is InChI=1S/C15H21ClN8/c1-17-15(19-8-13-20-10-21-23(13)2)22-11-5-7-24(9-11)14-12(16)4-3-6-18-14/h3-4,6,10-11H,5,7-9H2,1-2H3,(H2,17,19,22). The normalized spacial score (nSPS) is 18.0. The Labute approximate surface area is 146 Å². The van der Waals surface area contributed by atoms with Crippen molar-refractivity contribution in [1.82, 2.24) is 30.4 Å². The van der Waals surface area contributed by atoms with E-state index >= 15 is 0 Å². The van der Waals surface area contributed by atoms with E-state index in [1.807, 2.05) is 19.2 Å². The number of anilines is 1. The Morgan fingerprint density at radius 1 is 1.46 bits per heavy atom. The van der Waals surface area contributed by atoms with E-state index in [9.17, 15) is 0 Å². The van der Waals surface area contributed by atoms with Crippen molar-refractivity contribution in [2.24, 2.45) is 12.0 Å². The Balaban J connectivity index is 1.54. The lowest BCUT2D eigenvalue weighted by Gasteiger charge is -2.20. The van der Waals surface area contributed by atoms with Crippen LogP contribution >= 0.6 is 11.6 Å². The van der Waals surface area contributed by atoms with Crippen LogP contribution in [-0.4, -0.2) is 51.9 Å². The number of rotatable bonds is 4. The molecule has 1 fully saturated rings. The van der Waals surface area contributed by atoms with Crippen molar-refractivity contribution in [1.29, 1.82) is 0 Å². The molecule has 1 aliphatic rings. The Hall–Kier alpha value is -2.35. The molecule has 3 heterocycles. The van der Waals surface area contributed by atoms with E-state index in [0.29, 0.717) is 11.6 Å². The smallest absolute Gasteiger partial charge is 0.191 e. The van der Waals surface area contributed by atoms with Crippen molar-refractivity contribution >= 4 is 23.4 Å². The number of nitrogens with zero attached hydrogens (tertiary/aromatic N) is 6. The molecule has 0 bridgehead atoms. The first kappa shape index (κ1) is 16.5. The molecule has 1 saturated heterocycles. The number of halogens is 1. The van der Waals surface area contributed by atoms with Crippen molar-refractivity contribution in [3.8, 4) is 0 Å². The van der Waals surface area contributed by atoms with E-state index < -0.39 is 0 Å². The maximum Gasteiger partial charge on any atom is 0.191 e. The minimum absolute atomic E-state index is 0.286. The fourth-order valence-corrected chi connectivity index (χ4v) is 2.95. The van der Waals surface area contributed by atoms with Gasteiger partial charge in [-0.1, -0.05) is 11.6 Å². The van der Waals surface area contributed by atoms with Gasteiger partial charge in [-0.05, 0) is 18.6 Å². The zero-order valence-corrected chi connectivity index (χ0v) is 14.5. The zero-order valence-electron chi connectivity index (χ0n) is 13.8. The van der Waals surface area contributed by atoms with Crippen LogP contribution < -0.4 is 15.5 Å². The van der Waals surface area contributed by atoms with Crippen molar-refractivity contribution in [2.75, 3.05) is 25.0 Å². The van der Waals surface area contributed by atoms with Gasteiger partial charge in [-0.3, -0.25) is 9.67 Å². The first-order valence-corrected chi connectivity index (χ1v) is 8.20. The van der Waals surface area contributed by atoms with Gasteiger partial charge in [0, 0.05) is 39.4 Å². The molecule has 0 aliphatic carbocycles. The van der Waals surface area contributed by atoms with Gasteiger partial charge in [-0.15, -0.1) is 0 Å². The molecule has 0 saturated carbocycles. The van der Waals surface area contributed by atoms with Crippen LogP contribution in [0.4, 0.5) is 5.82 Å². The molecule has 2 aromatic heterocycles. The Morgan fingerprint density at radius 2 is 2.33 bits per heavy atom. The van der Waals surface area contributed by atoms with Crippen LogP contribution in [0.5, 0.6) is 0 Å². The van der Waals surface area contributed by atoms with Crippen LogP contribution in [0.1, 0.15) is 12.2 Å². The fourth-order valence-electron chi connectivity index (χ4n) is 2.71. The van der Waals surface area contributed by atoms with Crippen LogP contribution in [0.3, 0.4) is 0 Å². The van der Waals surface area contributed by atoms with Gasteiger partial charge in [0.05, 0.1) is 11.6 Å². The van der Waals surface area contributed by atoms with Gasteiger partial charge >= 0.3 is 0 Å². The number of hydrogen-bond donors (Lipinski definition) is 2. The summed E-state index contributed by atoms with van der Waals surface area (Å²) in [5.74, 6) is 2.44. The molecule has 1 atom stereocenters. The summed E-state index contributed by atoms with van der Waals surface area (Å²) in [5, 5.41) is 11.4. The molecule has 128 valence electrons. The van der Waals surface area contributed by atoms with E-state index in [-0.39, 0.29) is 6.04 Å². The molecule has 8 nitrogen and oxygen atoms in total. The van der Waals surface area contributed by atoms with Gasteiger partial charge < -0.3 is 15.5 Å². The number of aliphatic imine (C=N–C) groups is 1. The lowest BCUT2D eigenvalue weighted by Crippen LogP contribution is -2.44. The average molecular weight is 349 g/mol. The second-order valence-corrected chi connectivity index (χ2v) is 6.02. The zero-order chi connectivity index (χ0) is 16.9. The summed E-state index contributed by atoms with van der Waals surface area (Å²) in [6, 6.07) is 4.00. The largest absolute Gasteiger partial charge is 0.353 e. The Kier molecular flexibility index (Phi) is 5.14. The molecule has 2 N–H and O–H groups in total. The minimum atomic E-state index is 0.286. The monoisotopic (exact) mass is 348 g/mol. The van der Waals surface area contributed by atoms with Crippen LogP contribution in [0, 0.1) is 0 Å². The molecule has 1 aliphatic heterocycles. The molecular weight excluding hydrogens is 328 g/mol. The second-order valence-electron chi connectivity index (χ2n) is 5.61. The minimum Gasteiger partial charge on any atom is -0.353 e. The van der Waals surface area contributed by atoms with Crippen molar-refractivity contribution < 1.29 is 0 Å². The van der Waals surface area contributed by atoms with E-state index in [2.05, 4.69) is 35.6 Å². The molecular formula is C15H21ClN8. The van der Waals surface area contributed by atoms with E-state index in [1.165, 1.54) is 0 Å². The lowest BCUT2D eigenvalue weighted by molar-refractivity contribution is 0.632. The highest BCUT2D eigenvalue weighted by atomic mass is 35.5. The predicted molar refractivity (Wildman–Crippen MR) is 94.2 cm³/mol. The molecule has 2 aromatic rings. The van der Waals surface area contributed by atoms with Gasteiger partial charge in [0.1, 0.15) is 18.0 Å². The van der Waals surface area contributed by atoms with Crippen molar-refractivity contribution in [3.63, 3.8) is 0 Å². The number of hydrogen-bond acceptors (Lipinski definition) is 5. The second kappa shape index (κ2) is 7.48. The third-order valence-electron chi connectivity index (χ3n) is 4.01. The van der Waals surface area contributed by atoms with Crippen LogP contribution in [0.25, 0.3) is 0 Å². The topological polar surface area (TPSA) is 83.3 Å². The maximum absolute atomic E-state index is 6.23. The molecule has 0 spiro atoms. The number of aromatic nitrogens is 4. The third kappa shape index (κ3) is 3.76. The van der Waals surface area contributed by atoms with Crippen molar-refractivity contribution in [3.05, 3.63) is 35.5 Å². The molecule has 0 aromatic carbocycles. The molecule has 1 unspecified atom stereocenters. The average Bonchev–Trinajstić information content (AvgIpc) is 3.21. The first-order valence-electron chi connectivity index (χ1n) is 7.83. The maximum atomic E-state index is 6.23. The summed E-state index contributed by atoms with van der Waals surface area (Å²) in [7, 11) is 3.62. The summed E-state index contributed by atoms with van der Waals surface area (Å²) >= 11 is 6.23. The van der Waals surface area contributed by atoms with E-state index in [1.54, 1.807) is 24.3 Å². The number of guanidine groups is 1. The van der Waals surface area contributed by atoms with E-state index in [0.717, 1.165) is 37.1 Å². The third-order valence-corrected chi connectivity index (χ3v) is 4.31. The summed E-state index contributed by atoms with van der Waals surface area (Å²) in [5.41, 5.74) is 0. The molecule has 3 rings (SSSR count). The number of pyridine rings is 1. The highest BCUT2D eigenvalue weighted by Crippen LogP contribution is 2.25. The summed E-state index contributed by atoms with van der Waals surface area (Å²) in [6.45, 7) is 2.31. The molecule has 0 amide bonds. The van der Waals surface area contributed by atoms with Crippen LogP contribution in [0.15, 0.2) is 29.6 Å². The van der Waals surface area contributed by atoms with Gasteiger partial charge in [-0.25, -0.2) is 9.97 Å². The fraction of sp³-hybridized carbons (Fsp3) is 0.467. The molecule has 9 heteroatoms. The predicted octanol–water partition coefficient (Wildman–Crippen LogP) is 0.807. The Bertz CT molecular complexity index is 713. The lowest BCUT2D eigenvalue weighted by atomic mass is 10.3. The highest BCUT2D eigenvalue weighted by molar-refractivity contribution is 6.32. The van der Waals surface area contributed by atoms with Crippen LogP contribution in [-0.2, 0) is 13.6 Å². The molecule has 24 heavy (non-hydrogen) atoms. The quantitative estimate of drug-likeness (QED) is 0.628. The highest BCUT2D eigenvalue weighted by Gasteiger charge is 2.25. The van der Waals surface area contributed by atoms with Crippen molar-refractivity contribution in [2.45, 2.75) is 19.0 Å². The Morgan fingerprint density at radius 3 is 3.04 bits per heavy atom. The van der Waals surface area contributed by atoms with Gasteiger partial charge in [-0.2, -0.15) is 5.10 Å². The summed E-state index contributed by atoms with van der Waals surface area (Å²) in [6.07, 6.45) is 4.31. The van der Waals surface area contributed by atoms with Gasteiger partial charge in [0.25, 0.3) is 0 Å². The summed E-state index contributed by atoms with van der Waals surface area (Å²) < 4.78 is 1.74. The van der Waals surface area contributed by atoms with Crippen LogP contribution in [0.2, 0.25) is 5.02 Å². The number of aryl methyl sites for hydroxylation is 1. The SMILES string of the molecule is CN=C(NCc1ncnn1C)NC1CCN(c2ncccc2Cl)C1. The van der Waals surface area contributed by atoms with Gasteiger partial charge in [0.15, 0.2) is 5.96 Å². The van der Waals surface area contributed by atoms with E-state index in [4.69, 9.17) is 11.6 Å². The number of nitrogens with one attached hydrogen (secondary N) is 2. The first-order chi connectivity index (χ1) is 11.7. The molecule has 0 radical (unpaired) electrons. The summed E-state index contributed by atoms with van der Waals surface area (Å²) in [4.78, 5) is 15.0.